The highest BCUT2D eigenvalue weighted by atomic mass is 32.2. The molecule has 0 bridgehead atoms. The molecule has 5 nitrogen and oxygen atoms in total. The van der Waals surface area contributed by atoms with Crippen molar-refractivity contribution >= 4 is 22.6 Å². The first-order chi connectivity index (χ1) is 7.90. The average molecular weight is 255 g/mol. The van der Waals surface area contributed by atoms with Gasteiger partial charge >= 0.3 is 7.12 Å². The molecular weight excluding hydrogens is 241 g/mol. The molecule has 1 fully saturated rings. The zero-order chi connectivity index (χ0) is 12.6. The lowest BCUT2D eigenvalue weighted by Crippen LogP contribution is -2.47. The van der Waals surface area contributed by atoms with Crippen molar-refractivity contribution in [3.63, 3.8) is 0 Å². The van der Waals surface area contributed by atoms with Gasteiger partial charge in [-0.15, -0.1) is 0 Å². The molecule has 92 valence electrons. The molecule has 0 aliphatic carbocycles. The van der Waals surface area contributed by atoms with E-state index >= 15 is 0 Å². The van der Waals surface area contributed by atoms with Crippen molar-refractivity contribution in [1.29, 1.82) is 0 Å². The summed E-state index contributed by atoms with van der Waals surface area (Å²) in [5.41, 5.74) is 2.12. The highest BCUT2D eigenvalue weighted by molar-refractivity contribution is 7.90. The molecule has 17 heavy (non-hydrogen) atoms. The summed E-state index contributed by atoms with van der Waals surface area (Å²) >= 11 is 0. The summed E-state index contributed by atoms with van der Waals surface area (Å²) in [6.07, 6.45) is 0. The van der Waals surface area contributed by atoms with Gasteiger partial charge in [0.15, 0.2) is 0 Å². The largest absolute Gasteiger partial charge is 0.488 e. The Morgan fingerprint density at radius 2 is 2.12 bits per heavy atom. The van der Waals surface area contributed by atoms with E-state index in [0.29, 0.717) is 18.6 Å². The molecule has 1 aliphatic heterocycles. The lowest BCUT2D eigenvalue weighted by molar-refractivity contribution is 0.378. The smallest absolute Gasteiger partial charge is 0.423 e. The number of sulfonamides is 1. The summed E-state index contributed by atoms with van der Waals surface area (Å²) in [6, 6.07) is 5.01. The third-order valence-electron chi connectivity index (χ3n) is 3.01. The monoisotopic (exact) mass is 255 g/mol. The molecule has 2 rings (SSSR count). The van der Waals surface area contributed by atoms with E-state index in [0.717, 1.165) is 11.1 Å². The van der Waals surface area contributed by atoms with E-state index in [4.69, 9.17) is 10.0 Å². The summed E-state index contributed by atoms with van der Waals surface area (Å²) in [7, 11) is -4.59. The van der Waals surface area contributed by atoms with Crippen LogP contribution in [-0.2, 0) is 16.6 Å². The normalized spacial score (nSPS) is 18.8. The molecule has 1 aliphatic rings. The van der Waals surface area contributed by atoms with Crippen molar-refractivity contribution in [3.05, 3.63) is 29.3 Å². The SMILES string of the molecule is Cc1ccc(B(O)O)cc1CN1CCS1(=O)=O. The van der Waals surface area contributed by atoms with Gasteiger partial charge in [0.1, 0.15) is 0 Å². The molecule has 1 aromatic rings. The topological polar surface area (TPSA) is 77.8 Å². The molecule has 0 unspecified atom stereocenters. The van der Waals surface area contributed by atoms with Gasteiger partial charge in [0.05, 0.1) is 5.75 Å². The summed E-state index contributed by atoms with van der Waals surface area (Å²) < 4.78 is 24.2. The number of aryl methyl sites for hydroxylation is 1. The van der Waals surface area contributed by atoms with E-state index in [-0.39, 0.29) is 5.75 Å². The maximum atomic E-state index is 11.4. The third kappa shape index (κ3) is 2.52. The molecule has 0 radical (unpaired) electrons. The lowest BCUT2D eigenvalue weighted by atomic mass is 9.79. The fraction of sp³-hybridized carbons (Fsp3) is 0.400. The first-order valence-electron chi connectivity index (χ1n) is 5.33. The number of hydrogen-bond donors (Lipinski definition) is 2. The minimum atomic E-state index is -3.06. The van der Waals surface area contributed by atoms with Gasteiger partial charge in [-0.2, -0.15) is 4.31 Å². The van der Waals surface area contributed by atoms with Crippen molar-refractivity contribution in [2.45, 2.75) is 13.5 Å². The van der Waals surface area contributed by atoms with Crippen LogP contribution in [0.2, 0.25) is 0 Å². The fourth-order valence-electron chi connectivity index (χ4n) is 1.76. The third-order valence-corrected chi connectivity index (χ3v) is 4.81. The van der Waals surface area contributed by atoms with E-state index in [1.807, 2.05) is 6.92 Å². The zero-order valence-corrected chi connectivity index (χ0v) is 10.3. The van der Waals surface area contributed by atoms with Crippen LogP contribution in [0.1, 0.15) is 11.1 Å². The summed E-state index contributed by atoms with van der Waals surface area (Å²) in [4.78, 5) is 0. The van der Waals surface area contributed by atoms with E-state index in [2.05, 4.69) is 0 Å². The van der Waals surface area contributed by atoms with Gasteiger partial charge in [0.25, 0.3) is 0 Å². The van der Waals surface area contributed by atoms with Crippen LogP contribution in [0, 0.1) is 6.92 Å². The van der Waals surface area contributed by atoms with Gasteiger partial charge < -0.3 is 10.0 Å². The van der Waals surface area contributed by atoms with Crippen LogP contribution in [0.15, 0.2) is 18.2 Å². The highest BCUT2D eigenvalue weighted by Crippen LogP contribution is 2.18. The molecule has 0 amide bonds. The molecule has 0 atom stereocenters. The molecule has 1 heterocycles. The second kappa shape index (κ2) is 4.42. The number of benzene rings is 1. The minimum absolute atomic E-state index is 0.203. The predicted molar refractivity (Wildman–Crippen MR) is 65.2 cm³/mol. The Bertz CT molecular complexity index is 529. The summed E-state index contributed by atoms with van der Waals surface area (Å²) in [5, 5.41) is 18.1. The van der Waals surface area contributed by atoms with Crippen LogP contribution in [0.25, 0.3) is 0 Å². The van der Waals surface area contributed by atoms with Crippen LogP contribution in [-0.4, -0.2) is 42.2 Å². The second-order valence-electron chi connectivity index (χ2n) is 4.21. The summed E-state index contributed by atoms with van der Waals surface area (Å²) in [5.74, 6) is 0.203. The zero-order valence-electron chi connectivity index (χ0n) is 9.50. The Kier molecular flexibility index (Phi) is 3.26. The predicted octanol–water partition coefficient (Wildman–Crippen LogP) is -1.18. The van der Waals surface area contributed by atoms with Crippen molar-refractivity contribution in [2.24, 2.45) is 0 Å². The fourth-order valence-corrected chi connectivity index (χ4v) is 2.83. The van der Waals surface area contributed by atoms with Gasteiger partial charge in [-0.3, -0.25) is 0 Å². The van der Waals surface area contributed by atoms with Gasteiger partial charge in [0, 0.05) is 13.1 Å². The maximum Gasteiger partial charge on any atom is 0.488 e. The number of rotatable bonds is 3. The molecule has 0 spiro atoms. The number of hydrogen-bond acceptors (Lipinski definition) is 4. The Balaban J connectivity index is 2.23. The molecule has 1 saturated heterocycles. The van der Waals surface area contributed by atoms with Crippen molar-refractivity contribution in [1.82, 2.24) is 4.31 Å². The van der Waals surface area contributed by atoms with Crippen molar-refractivity contribution in [3.8, 4) is 0 Å². The Hall–Kier alpha value is -0.885. The van der Waals surface area contributed by atoms with Gasteiger partial charge in [-0.1, -0.05) is 18.2 Å². The molecule has 0 saturated carbocycles. The summed E-state index contributed by atoms with van der Waals surface area (Å²) in [6.45, 7) is 2.71. The first-order valence-corrected chi connectivity index (χ1v) is 6.94. The van der Waals surface area contributed by atoms with E-state index in [9.17, 15) is 8.42 Å². The molecule has 0 aromatic heterocycles. The van der Waals surface area contributed by atoms with Gasteiger partial charge in [0.2, 0.25) is 10.0 Å². The van der Waals surface area contributed by atoms with Crippen LogP contribution in [0.3, 0.4) is 0 Å². The van der Waals surface area contributed by atoms with Gasteiger partial charge in [-0.25, -0.2) is 8.42 Å². The van der Waals surface area contributed by atoms with Crippen molar-refractivity contribution < 1.29 is 18.5 Å². The Labute approximate surface area is 101 Å². The second-order valence-corrected chi connectivity index (χ2v) is 6.30. The average Bonchev–Trinajstić information content (AvgIpc) is 2.26. The van der Waals surface area contributed by atoms with Crippen LogP contribution < -0.4 is 5.46 Å². The Morgan fingerprint density at radius 3 is 2.59 bits per heavy atom. The molecular formula is C10H14BNO4S. The van der Waals surface area contributed by atoms with E-state index < -0.39 is 17.1 Å². The molecule has 7 heteroatoms. The van der Waals surface area contributed by atoms with E-state index in [1.165, 1.54) is 4.31 Å². The first kappa shape index (κ1) is 12.6. The Morgan fingerprint density at radius 1 is 1.41 bits per heavy atom. The lowest BCUT2D eigenvalue weighted by Gasteiger charge is -2.30. The van der Waals surface area contributed by atoms with Crippen LogP contribution >= 0.6 is 0 Å². The quantitative estimate of drug-likeness (QED) is 0.666. The minimum Gasteiger partial charge on any atom is -0.423 e. The van der Waals surface area contributed by atoms with Crippen LogP contribution in [0.4, 0.5) is 0 Å². The van der Waals surface area contributed by atoms with E-state index in [1.54, 1.807) is 18.2 Å². The molecule has 1 aromatic carbocycles. The number of nitrogens with zero attached hydrogens (tertiary/aromatic N) is 1. The highest BCUT2D eigenvalue weighted by Gasteiger charge is 2.32. The van der Waals surface area contributed by atoms with Crippen molar-refractivity contribution in [2.75, 3.05) is 12.3 Å². The van der Waals surface area contributed by atoms with Crippen LogP contribution in [0.5, 0.6) is 0 Å². The molecule has 2 N–H and O–H groups in total. The standard InChI is InChI=1S/C10H14BNO4S/c1-8-2-3-10(11(13)14)6-9(8)7-12-4-5-17(12,15)16/h2-3,6,13-14H,4-5,7H2,1H3. The van der Waals surface area contributed by atoms with Gasteiger partial charge in [-0.05, 0) is 23.5 Å². The maximum absolute atomic E-state index is 11.4.